The Bertz CT molecular complexity index is 496. The van der Waals surface area contributed by atoms with E-state index in [0.717, 1.165) is 0 Å². The molecular weight excluding hydrogens is 341 g/mol. The van der Waals surface area contributed by atoms with Crippen molar-refractivity contribution in [2.24, 2.45) is 5.41 Å². The Hall–Kier alpha value is -1.81. The van der Waals surface area contributed by atoms with Gasteiger partial charge in [-0.25, -0.2) is 18.4 Å². The van der Waals surface area contributed by atoms with E-state index in [2.05, 4.69) is 4.74 Å². The van der Waals surface area contributed by atoms with Crippen molar-refractivity contribution in [2.75, 3.05) is 0 Å². The van der Waals surface area contributed by atoms with Gasteiger partial charge in [-0.2, -0.15) is 22.0 Å². The van der Waals surface area contributed by atoms with E-state index in [9.17, 15) is 40.3 Å². The van der Waals surface area contributed by atoms with Crippen LogP contribution in [-0.2, 0) is 14.3 Å². The van der Waals surface area contributed by atoms with Crippen LogP contribution in [0.1, 0.15) is 20.8 Å². The Labute approximate surface area is 125 Å². The molecular formula is C12H13F7O4. The minimum Gasteiger partial charge on any atom is -0.478 e. The van der Waals surface area contributed by atoms with Crippen molar-refractivity contribution in [1.82, 2.24) is 0 Å². The first-order valence-electron chi connectivity index (χ1n) is 5.87. The Morgan fingerprint density at radius 2 is 1.43 bits per heavy atom. The molecule has 0 radical (unpaired) electrons. The first kappa shape index (κ1) is 21.2. The van der Waals surface area contributed by atoms with Crippen LogP contribution in [0.4, 0.5) is 30.7 Å². The van der Waals surface area contributed by atoms with E-state index < -0.39 is 41.5 Å². The SMILES string of the molecule is CC(C)(C)C(F)(OC(=O)C=CC(=O)O)C(F)(F)C(F)(F)C(F)F. The van der Waals surface area contributed by atoms with E-state index in [1.807, 2.05) is 0 Å². The predicted molar refractivity (Wildman–Crippen MR) is 62.1 cm³/mol. The molecule has 0 aliphatic rings. The molecule has 0 bridgehead atoms. The second-order valence-electron chi connectivity index (χ2n) is 5.44. The Morgan fingerprint density at radius 1 is 1.00 bits per heavy atom. The number of alkyl halides is 7. The molecule has 0 aliphatic carbocycles. The molecule has 0 aromatic rings. The van der Waals surface area contributed by atoms with Gasteiger partial charge in [-0.05, 0) is 0 Å². The molecule has 11 heteroatoms. The molecule has 134 valence electrons. The number of rotatable bonds is 6. The third kappa shape index (κ3) is 3.94. The van der Waals surface area contributed by atoms with Crippen LogP contribution in [0.2, 0.25) is 0 Å². The van der Waals surface area contributed by atoms with E-state index >= 15 is 0 Å². The van der Waals surface area contributed by atoms with E-state index in [1.165, 1.54) is 0 Å². The summed E-state index contributed by atoms with van der Waals surface area (Å²) >= 11 is 0. The maximum absolute atomic E-state index is 14.5. The van der Waals surface area contributed by atoms with Gasteiger partial charge >= 0.3 is 36.1 Å². The summed E-state index contributed by atoms with van der Waals surface area (Å²) in [6.45, 7) is 1.82. The van der Waals surface area contributed by atoms with Crippen molar-refractivity contribution >= 4 is 11.9 Å². The van der Waals surface area contributed by atoms with Gasteiger partial charge in [0.2, 0.25) is 0 Å². The Balaban J connectivity index is 5.96. The van der Waals surface area contributed by atoms with Crippen LogP contribution in [-0.4, -0.2) is 41.2 Å². The van der Waals surface area contributed by atoms with Gasteiger partial charge in [0.1, 0.15) is 0 Å². The summed E-state index contributed by atoms with van der Waals surface area (Å²) < 4.78 is 96.1. The third-order valence-corrected chi connectivity index (χ3v) is 2.66. The average Bonchev–Trinajstić information content (AvgIpc) is 2.34. The normalized spacial score (nSPS) is 16.5. The van der Waals surface area contributed by atoms with Crippen molar-refractivity contribution in [3.05, 3.63) is 12.2 Å². The zero-order valence-corrected chi connectivity index (χ0v) is 12.0. The molecule has 23 heavy (non-hydrogen) atoms. The first-order chi connectivity index (χ1) is 10.0. The summed E-state index contributed by atoms with van der Waals surface area (Å²) in [5, 5.41) is 8.23. The van der Waals surface area contributed by atoms with Gasteiger partial charge in [0.25, 0.3) is 0 Å². The standard InChI is InChI=1S/C12H13F7O4/c1-9(2,3)12(19,23-7(22)5-4-6(20)21)11(17,18)10(15,16)8(13)14/h4-5,8H,1-3H3,(H,20,21). The summed E-state index contributed by atoms with van der Waals surface area (Å²) in [5.74, 6) is -20.9. The van der Waals surface area contributed by atoms with E-state index in [0.29, 0.717) is 20.8 Å². The molecule has 0 saturated heterocycles. The second kappa shape index (κ2) is 6.36. The molecule has 0 spiro atoms. The smallest absolute Gasteiger partial charge is 0.384 e. The van der Waals surface area contributed by atoms with Crippen LogP contribution in [0.3, 0.4) is 0 Å². The molecule has 1 N–H and O–H groups in total. The highest BCUT2D eigenvalue weighted by atomic mass is 19.3. The topological polar surface area (TPSA) is 63.6 Å². The molecule has 0 saturated carbocycles. The molecule has 0 aromatic heterocycles. The third-order valence-electron chi connectivity index (χ3n) is 2.66. The van der Waals surface area contributed by atoms with Gasteiger partial charge in [-0.3, -0.25) is 0 Å². The van der Waals surface area contributed by atoms with E-state index in [-0.39, 0.29) is 12.2 Å². The zero-order valence-electron chi connectivity index (χ0n) is 12.0. The molecule has 0 rings (SSSR count). The fourth-order valence-electron chi connectivity index (χ4n) is 1.35. The highest BCUT2D eigenvalue weighted by Crippen LogP contribution is 2.54. The number of carboxylic acid groups (broad SMARTS) is 1. The first-order valence-corrected chi connectivity index (χ1v) is 5.87. The van der Waals surface area contributed by atoms with Gasteiger partial charge in [0.15, 0.2) is 0 Å². The number of ether oxygens (including phenoxy) is 1. The number of hydrogen-bond acceptors (Lipinski definition) is 3. The lowest BCUT2D eigenvalue weighted by atomic mass is 9.80. The maximum Gasteiger partial charge on any atom is 0.384 e. The molecule has 1 atom stereocenters. The van der Waals surface area contributed by atoms with Crippen LogP contribution < -0.4 is 0 Å². The maximum atomic E-state index is 14.5. The summed E-state index contributed by atoms with van der Waals surface area (Å²) in [7, 11) is 0. The van der Waals surface area contributed by atoms with Crippen LogP contribution in [0, 0.1) is 5.41 Å². The van der Waals surface area contributed by atoms with E-state index in [1.54, 1.807) is 0 Å². The highest BCUT2D eigenvalue weighted by Gasteiger charge is 2.79. The number of carbonyl (C=O) groups is 2. The van der Waals surface area contributed by atoms with Gasteiger partial charge in [-0.1, -0.05) is 20.8 Å². The molecule has 0 amide bonds. The highest BCUT2D eigenvalue weighted by molar-refractivity contribution is 5.90. The lowest BCUT2D eigenvalue weighted by molar-refractivity contribution is -0.383. The molecule has 4 nitrogen and oxygen atoms in total. The van der Waals surface area contributed by atoms with E-state index in [4.69, 9.17) is 5.11 Å². The number of carboxylic acids is 1. The number of halogens is 7. The molecule has 0 fully saturated rings. The van der Waals surface area contributed by atoms with Gasteiger partial charge in [0.05, 0.1) is 0 Å². The fraction of sp³-hybridized carbons (Fsp3) is 0.667. The Kier molecular flexibility index (Phi) is 5.86. The number of aliphatic carboxylic acids is 1. The summed E-state index contributed by atoms with van der Waals surface area (Å²) in [6, 6.07) is 0. The molecule has 0 aromatic carbocycles. The largest absolute Gasteiger partial charge is 0.478 e. The van der Waals surface area contributed by atoms with Crippen molar-refractivity contribution in [1.29, 1.82) is 0 Å². The van der Waals surface area contributed by atoms with Crippen molar-refractivity contribution in [3.8, 4) is 0 Å². The second-order valence-corrected chi connectivity index (χ2v) is 5.44. The minimum absolute atomic E-state index is 0.0288. The van der Waals surface area contributed by atoms with Crippen molar-refractivity contribution in [2.45, 2.75) is 44.9 Å². The predicted octanol–water partition coefficient (Wildman–Crippen LogP) is 3.42. The van der Waals surface area contributed by atoms with Crippen LogP contribution in [0.15, 0.2) is 12.2 Å². The van der Waals surface area contributed by atoms with Gasteiger partial charge in [0, 0.05) is 17.6 Å². The number of carbonyl (C=O) groups excluding carboxylic acids is 1. The van der Waals surface area contributed by atoms with Crippen molar-refractivity contribution in [3.63, 3.8) is 0 Å². The van der Waals surface area contributed by atoms with Crippen LogP contribution >= 0.6 is 0 Å². The number of hydrogen-bond donors (Lipinski definition) is 1. The van der Waals surface area contributed by atoms with Crippen LogP contribution in [0.5, 0.6) is 0 Å². The summed E-state index contributed by atoms with van der Waals surface area (Å²) in [6.07, 6.45) is -4.91. The fourth-order valence-corrected chi connectivity index (χ4v) is 1.35. The van der Waals surface area contributed by atoms with Crippen molar-refractivity contribution < 1.29 is 50.2 Å². The Morgan fingerprint density at radius 3 is 1.74 bits per heavy atom. The lowest BCUT2D eigenvalue weighted by Crippen LogP contribution is -2.65. The van der Waals surface area contributed by atoms with Crippen LogP contribution in [0.25, 0.3) is 0 Å². The zero-order chi connectivity index (χ0) is 18.9. The van der Waals surface area contributed by atoms with Gasteiger partial charge in [-0.15, -0.1) is 0 Å². The average molecular weight is 354 g/mol. The monoisotopic (exact) mass is 354 g/mol. The minimum atomic E-state index is -6.15. The number of esters is 1. The lowest BCUT2D eigenvalue weighted by Gasteiger charge is -2.43. The summed E-state index contributed by atoms with van der Waals surface area (Å²) in [5.41, 5.74) is -2.55. The summed E-state index contributed by atoms with van der Waals surface area (Å²) in [4.78, 5) is 21.3. The quantitative estimate of drug-likeness (QED) is 0.451. The molecule has 0 heterocycles. The van der Waals surface area contributed by atoms with Gasteiger partial charge < -0.3 is 9.84 Å². The molecule has 1 unspecified atom stereocenters. The molecule has 0 aliphatic heterocycles.